The first-order valence-corrected chi connectivity index (χ1v) is 7.24. The van der Waals surface area contributed by atoms with Crippen LogP contribution in [0.1, 0.15) is 18.4 Å². The van der Waals surface area contributed by atoms with Gasteiger partial charge in [-0.15, -0.1) is 30.6 Å². The van der Waals surface area contributed by atoms with E-state index in [1.807, 2.05) is 18.0 Å². The van der Waals surface area contributed by atoms with Crippen LogP contribution in [0.5, 0.6) is 5.75 Å². The fourth-order valence-electron chi connectivity index (χ4n) is 2.05. The zero-order valence-electron chi connectivity index (χ0n) is 13.8. The van der Waals surface area contributed by atoms with Crippen LogP contribution in [0.2, 0.25) is 0 Å². The number of hydrogen-bond acceptors (Lipinski definition) is 2. The Morgan fingerprint density at radius 3 is 2.75 bits per heavy atom. The van der Waals surface area contributed by atoms with Crippen LogP contribution < -0.4 is 10.1 Å². The lowest BCUT2D eigenvalue weighted by Gasteiger charge is -2.22. The van der Waals surface area contributed by atoms with Crippen molar-refractivity contribution in [3.05, 3.63) is 42.2 Å². The minimum atomic E-state index is -3.00. The molecule has 0 aliphatic heterocycles. The lowest BCUT2D eigenvalue weighted by atomic mass is 10.2. The van der Waals surface area contributed by atoms with Gasteiger partial charge in [-0.1, -0.05) is 12.1 Å². The average molecular weight is 457 g/mol. The van der Waals surface area contributed by atoms with E-state index in [-0.39, 0.29) is 41.8 Å². The minimum absolute atomic E-state index is 0. The maximum absolute atomic E-state index is 13.9. The number of nitrogens with zero attached hydrogens (tertiary/aromatic N) is 2. The lowest BCUT2D eigenvalue weighted by molar-refractivity contribution is -0.0506. The largest absolute Gasteiger partial charge is 0.434 e. The van der Waals surface area contributed by atoms with Crippen LogP contribution in [-0.2, 0) is 6.54 Å². The Labute approximate surface area is 157 Å². The molecule has 4 nitrogen and oxygen atoms in total. The summed E-state index contributed by atoms with van der Waals surface area (Å²) in [4.78, 5) is 5.97. The standard InChI is InChI=1S/C16H22F3N3O.HI/c1-4-5-6-10-22(3)16(20-2)21-11-12-13(17)8-7-9-14(12)23-15(18)19;/h4,7-9,15H,1,5-6,10-11H2,2-3H3,(H,20,21);1H. The predicted molar refractivity (Wildman–Crippen MR) is 101 cm³/mol. The molecule has 0 heterocycles. The van der Waals surface area contributed by atoms with E-state index in [4.69, 9.17) is 0 Å². The molecule has 0 atom stereocenters. The van der Waals surface area contributed by atoms with Crippen LogP contribution in [-0.4, -0.2) is 38.1 Å². The fraction of sp³-hybridized carbons (Fsp3) is 0.438. The monoisotopic (exact) mass is 457 g/mol. The number of nitrogens with one attached hydrogen (secondary N) is 1. The third kappa shape index (κ3) is 7.41. The number of benzene rings is 1. The molecule has 0 aliphatic rings. The van der Waals surface area contributed by atoms with Gasteiger partial charge in [-0.05, 0) is 25.0 Å². The molecule has 0 aromatic heterocycles. The summed E-state index contributed by atoms with van der Waals surface area (Å²) in [6.45, 7) is 1.39. The predicted octanol–water partition coefficient (Wildman–Crippen LogP) is 4.02. The Kier molecular flexibility index (Phi) is 11.3. The van der Waals surface area contributed by atoms with E-state index >= 15 is 0 Å². The van der Waals surface area contributed by atoms with Crippen molar-refractivity contribution in [1.29, 1.82) is 0 Å². The first-order chi connectivity index (χ1) is 11.0. The SMILES string of the molecule is C=CCCCN(C)C(=NC)NCc1c(F)cccc1OC(F)F.I. The van der Waals surface area contributed by atoms with E-state index in [0.717, 1.165) is 19.4 Å². The molecule has 0 aliphatic carbocycles. The molecule has 1 aromatic carbocycles. The van der Waals surface area contributed by atoms with Crippen LogP contribution in [0.15, 0.2) is 35.8 Å². The molecule has 8 heteroatoms. The topological polar surface area (TPSA) is 36.9 Å². The molecule has 24 heavy (non-hydrogen) atoms. The van der Waals surface area contributed by atoms with Crippen molar-refractivity contribution in [1.82, 2.24) is 10.2 Å². The van der Waals surface area contributed by atoms with Gasteiger partial charge in [-0.2, -0.15) is 8.78 Å². The third-order valence-electron chi connectivity index (χ3n) is 3.19. The van der Waals surface area contributed by atoms with Gasteiger partial charge in [-0.25, -0.2) is 4.39 Å². The summed E-state index contributed by atoms with van der Waals surface area (Å²) in [6, 6.07) is 3.83. The van der Waals surface area contributed by atoms with Gasteiger partial charge in [0.25, 0.3) is 0 Å². The van der Waals surface area contributed by atoms with Crippen molar-refractivity contribution in [3.8, 4) is 5.75 Å². The lowest BCUT2D eigenvalue weighted by Crippen LogP contribution is -2.39. The zero-order valence-corrected chi connectivity index (χ0v) is 16.1. The van der Waals surface area contributed by atoms with E-state index in [0.29, 0.717) is 5.96 Å². The van der Waals surface area contributed by atoms with Crippen molar-refractivity contribution >= 4 is 29.9 Å². The number of alkyl halides is 2. The first kappa shape index (κ1) is 22.6. The highest BCUT2D eigenvalue weighted by atomic mass is 127. The molecule has 0 unspecified atom stereocenters. The third-order valence-corrected chi connectivity index (χ3v) is 3.19. The molecule has 0 saturated carbocycles. The number of allylic oxidation sites excluding steroid dienone is 1. The van der Waals surface area contributed by atoms with Gasteiger partial charge < -0.3 is 15.0 Å². The van der Waals surface area contributed by atoms with Crippen LogP contribution in [0.3, 0.4) is 0 Å². The Morgan fingerprint density at radius 2 is 2.17 bits per heavy atom. The van der Waals surface area contributed by atoms with Crippen LogP contribution >= 0.6 is 24.0 Å². The van der Waals surface area contributed by atoms with Crippen LogP contribution in [0.25, 0.3) is 0 Å². The second-order valence-corrected chi connectivity index (χ2v) is 4.85. The summed E-state index contributed by atoms with van der Waals surface area (Å²) in [7, 11) is 3.45. The smallest absolute Gasteiger partial charge is 0.387 e. The second-order valence-electron chi connectivity index (χ2n) is 4.85. The van der Waals surface area contributed by atoms with Crippen molar-refractivity contribution in [2.24, 2.45) is 4.99 Å². The maximum Gasteiger partial charge on any atom is 0.387 e. The van der Waals surface area contributed by atoms with Crippen LogP contribution in [0, 0.1) is 5.82 Å². The molecule has 0 radical (unpaired) electrons. The van der Waals surface area contributed by atoms with Crippen molar-refractivity contribution in [2.45, 2.75) is 26.0 Å². The minimum Gasteiger partial charge on any atom is -0.434 e. The quantitative estimate of drug-likeness (QED) is 0.211. The van der Waals surface area contributed by atoms with Gasteiger partial charge in [0.05, 0.1) is 0 Å². The first-order valence-electron chi connectivity index (χ1n) is 7.24. The van der Waals surface area contributed by atoms with Crippen molar-refractivity contribution in [3.63, 3.8) is 0 Å². The number of hydrogen-bond donors (Lipinski definition) is 1. The maximum atomic E-state index is 13.9. The molecule has 0 amide bonds. The Morgan fingerprint density at radius 1 is 1.46 bits per heavy atom. The van der Waals surface area contributed by atoms with Crippen molar-refractivity contribution < 1.29 is 17.9 Å². The van der Waals surface area contributed by atoms with E-state index in [1.54, 1.807) is 7.05 Å². The van der Waals surface area contributed by atoms with Gasteiger partial charge in [0.1, 0.15) is 11.6 Å². The zero-order chi connectivity index (χ0) is 17.2. The molecule has 136 valence electrons. The highest BCUT2D eigenvalue weighted by Gasteiger charge is 2.15. The molecule has 1 N–H and O–H groups in total. The van der Waals surface area contributed by atoms with Gasteiger partial charge in [0.2, 0.25) is 0 Å². The number of halogens is 4. The summed E-state index contributed by atoms with van der Waals surface area (Å²) >= 11 is 0. The van der Waals surface area contributed by atoms with Crippen LogP contribution in [0.4, 0.5) is 13.2 Å². The average Bonchev–Trinajstić information content (AvgIpc) is 2.50. The number of ether oxygens (including phenoxy) is 1. The summed E-state index contributed by atoms with van der Waals surface area (Å²) in [5.41, 5.74) is 0.0356. The summed E-state index contributed by atoms with van der Waals surface area (Å²) < 4.78 is 43.0. The molecule has 0 saturated heterocycles. The highest BCUT2D eigenvalue weighted by Crippen LogP contribution is 2.23. The van der Waals surface area contributed by atoms with E-state index in [9.17, 15) is 13.2 Å². The highest BCUT2D eigenvalue weighted by molar-refractivity contribution is 14.0. The number of guanidine groups is 1. The summed E-state index contributed by atoms with van der Waals surface area (Å²) in [5, 5.41) is 2.95. The number of rotatable bonds is 8. The Balaban J connectivity index is 0.00000529. The molecule has 0 fully saturated rings. The molecule has 1 rings (SSSR count). The Bertz CT molecular complexity index is 541. The summed E-state index contributed by atoms with van der Waals surface area (Å²) in [5.74, 6) is -0.252. The van der Waals surface area contributed by atoms with Gasteiger partial charge in [0.15, 0.2) is 5.96 Å². The Hall–Kier alpha value is -1.45. The molecule has 0 bridgehead atoms. The second kappa shape index (κ2) is 12.0. The van der Waals surface area contributed by atoms with Gasteiger partial charge in [0, 0.05) is 32.7 Å². The molecular weight excluding hydrogens is 434 g/mol. The fourth-order valence-corrected chi connectivity index (χ4v) is 2.05. The number of aliphatic imine (C=N–C) groups is 1. The molecule has 0 spiro atoms. The van der Waals surface area contributed by atoms with E-state index in [1.165, 1.54) is 18.2 Å². The van der Waals surface area contributed by atoms with E-state index < -0.39 is 12.4 Å². The van der Waals surface area contributed by atoms with E-state index in [2.05, 4.69) is 21.6 Å². The molecular formula is C16H23F3IN3O. The van der Waals surface area contributed by atoms with Gasteiger partial charge >= 0.3 is 6.61 Å². The summed E-state index contributed by atoms with van der Waals surface area (Å²) in [6.07, 6.45) is 3.61. The molecule has 1 aromatic rings. The van der Waals surface area contributed by atoms with Gasteiger partial charge in [-0.3, -0.25) is 4.99 Å². The van der Waals surface area contributed by atoms with Crippen molar-refractivity contribution in [2.75, 3.05) is 20.6 Å². The normalized spacial score (nSPS) is 11.0. The number of unbranched alkanes of at least 4 members (excludes halogenated alkanes) is 1.